The van der Waals surface area contributed by atoms with Gasteiger partial charge >= 0.3 is 0 Å². The van der Waals surface area contributed by atoms with Crippen LogP contribution >= 0.6 is 12.2 Å². The third-order valence-corrected chi connectivity index (χ3v) is 5.00. The van der Waals surface area contributed by atoms with E-state index in [2.05, 4.69) is 15.6 Å². The van der Waals surface area contributed by atoms with Gasteiger partial charge in [-0.25, -0.2) is 4.98 Å². The summed E-state index contributed by atoms with van der Waals surface area (Å²) in [7, 11) is 1.54. The summed E-state index contributed by atoms with van der Waals surface area (Å²) in [6.07, 6.45) is 0. The number of aryl methyl sites for hydroxylation is 2. The Hall–Kier alpha value is -3.71. The van der Waals surface area contributed by atoms with Crippen LogP contribution < -0.4 is 15.4 Å². The second-order valence-electron chi connectivity index (χ2n) is 7.13. The Morgan fingerprint density at radius 1 is 1.06 bits per heavy atom. The molecule has 0 unspecified atom stereocenters. The molecule has 3 aromatic carbocycles. The molecule has 0 radical (unpaired) electrons. The number of benzene rings is 3. The van der Waals surface area contributed by atoms with Gasteiger partial charge in [0.25, 0.3) is 5.91 Å². The van der Waals surface area contributed by atoms with Gasteiger partial charge in [-0.2, -0.15) is 0 Å². The Kier molecular flexibility index (Phi) is 5.68. The van der Waals surface area contributed by atoms with E-state index in [1.807, 2.05) is 62.4 Å². The largest absolute Gasteiger partial charge is 0.496 e. The molecule has 1 amide bonds. The average Bonchev–Trinajstić information content (AvgIpc) is 3.17. The van der Waals surface area contributed by atoms with Crippen LogP contribution in [0, 0.1) is 13.8 Å². The molecular weight excluding hydrogens is 410 g/mol. The number of ether oxygens (including phenoxy) is 1. The zero-order valence-electron chi connectivity index (χ0n) is 17.4. The van der Waals surface area contributed by atoms with Crippen molar-refractivity contribution in [1.82, 2.24) is 10.3 Å². The lowest BCUT2D eigenvalue weighted by Crippen LogP contribution is -2.34. The summed E-state index contributed by atoms with van der Waals surface area (Å²) in [6, 6.07) is 18.7. The van der Waals surface area contributed by atoms with E-state index in [1.165, 1.54) is 7.11 Å². The highest BCUT2D eigenvalue weighted by molar-refractivity contribution is 7.80. The second-order valence-corrected chi connectivity index (χ2v) is 7.54. The number of aromatic nitrogens is 1. The molecule has 0 aliphatic carbocycles. The molecule has 4 aromatic rings. The van der Waals surface area contributed by atoms with E-state index in [4.69, 9.17) is 21.4 Å². The molecule has 1 aromatic heterocycles. The second kappa shape index (κ2) is 8.57. The van der Waals surface area contributed by atoms with Crippen LogP contribution in [0.15, 0.2) is 65.1 Å². The molecule has 0 bridgehead atoms. The predicted molar refractivity (Wildman–Crippen MR) is 126 cm³/mol. The number of methoxy groups -OCH3 is 1. The van der Waals surface area contributed by atoms with Crippen LogP contribution in [-0.4, -0.2) is 23.1 Å². The summed E-state index contributed by atoms with van der Waals surface area (Å²) in [5, 5.41) is 5.91. The fourth-order valence-electron chi connectivity index (χ4n) is 3.32. The maximum Gasteiger partial charge on any atom is 0.261 e. The molecule has 0 atom stereocenters. The third kappa shape index (κ3) is 4.41. The molecule has 0 aliphatic rings. The van der Waals surface area contributed by atoms with Crippen molar-refractivity contribution in [3.8, 4) is 17.2 Å². The summed E-state index contributed by atoms with van der Waals surface area (Å²) < 4.78 is 11.3. The zero-order chi connectivity index (χ0) is 22.0. The van der Waals surface area contributed by atoms with Gasteiger partial charge in [0.2, 0.25) is 5.89 Å². The summed E-state index contributed by atoms with van der Waals surface area (Å²) >= 11 is 5.33. The van der Waals surface area contributed by atoms with Crippen molar-refractivity contribution in [3.63, 3.8) is 0 Å². The molecule has 0 fully saturated rings. The van der Waals surface area contributed by atoms with Gasteiger partial charge in [-0.05, 0) is 73.6 Å². The van der Waals surface area contributed by atoms with Crippen molar-refractivity contribution >= 4 is 40.0 Å². The third-order valence-electron chi connectivity index (χ3n) is 4.80. The summed E-state index contributed by atoms with van der Waals surface area (Å²) in [5.74, 6) is 0.697. The minimum atomic E-state index is -0.344. The normalized spacial score (nSPS) is 10.7. The van der Waals surface area contributed by atoms with Gasteiger partial charge in [0.1, 0.15) is 11.3 Å². The molecule has 0 saturated carbocycles. The Bertz CT molecular complexity index is 1300. The van der Waals surface area contributed by atoms with E-state index in [0.29, 0.717) is 22.9 Å². The Balaban J connectivity index is 1.50. The lowest BCUT2D eigenvalue weighted by atomic mass is 10.1. The van der Waals surface area contributed by atoms with Crippen LogP contribution in [0.4, 0.5) is 5.69 Å². The fraction of sp³-hybridized carbons (Fsp3) is 0.125. The van der Waals surface area contributed by atoms with E-state index in [9.17, 15) is 4.79 Å². The number of nitrogens with one attached hydrogen (secondary N) is 2. The minimum absolute atomic E-state index is 0.180. The molecule has 156 valence electrons. The molecular formula is C24H21N3O3S. The monoisotopic (exact) mass is 431 g/mol. The van der Waals surface area contributed by atoms with Gasteiger partial charge in [0.15, 0.2) is 10.7 Å². The van der Waals surface area contributed by atoms with Gasteiger partial charge in [0.05, 0.1) is 12.7 Å². The van der Waals surface area contributed by atoms with Crippen molar-refractivity contribution in [2.45, 2.75) is 13.8 Å². The first-order valence-electron chi connectivity index (χ1n) is 9.68. The quantitative estimate of drug-likeness (QED) is 0.430. The summed E-state index contributed by atoms with van der Waals surface area (Å²) in [4.78, 5) is 17.2. The number of thiocarbonyl (C=S) groups is 1. The number of para-hydroxylation sites is 1. The van der Waals surface area contributed by atoms with Crippen molar-refractivity contribution < 1.29 is 13.9 Å². The number of hydrogen-bond acceptors (Lipinski definition) is 5. The van der Waals surface area contributed by atoms with Crippen LogP contribution in [0.3, 0.4) is 0 Å². The predicted octanol–water partition coefficient (Wildman–Crippen LogP) is 5.25. The van der Waals surface area contributed by atoms with E-state index >= 15 is 0 Å². The number of fused-ring (bicyclic) bond motifs is 1. The molecule has 7 heteroatoms. The number of nitrogens with zero attached hydrogens (tertiary/aromatic N) is 1. The first kappa shape index (κ1) is 20.6. The number of carbonyl (C=O) groups is 1. The maximum atomic E-state index is 12.6. The number of carbonyl (C=O) groups excluding carboxylic acids is 1. The van der Waals surface area contributed by atoms with E-state index in [1.54, 1.807) is 12.1 Å². The summed E-state index contributed by atoms with van der Waals surface area (Å²) in [5.41, 5.74) is 5.44. The molecule has 4 rings (SSSR count). The van der Waals surface area contributed by atoms with Crippen LogP contribution in [0.25, 0.3) is 22.6 Å². The molecule has 2 N–H and O–H groups in total. The van der Waals surface area contributed by atoms with E-state index in [0.717, 1.165) is 27.8 Å². The van der Waals surface area contributed by atoms with E-state index in [-0.39, 0.29) is 11.0 Å². The van der Waals surface area contributed by atoms with Gasteiger partial charge in [-0.1, -0.05) is 24.3 Å². The van der Waals surface area contributed by atoms with Gasteiger partial charge in [-0.15, -0.1) is 0 Å². The number of amides is 1. The molecule has 1 heterocycles. The fourth-order valence-corrected chi connectivity index (χ4v) is 3.53. The van der Waals surface area contributed by atoms with E-state index < -0.39 is 0 Å². The number of oxazole rings is 1. The van der Waals surface area contributed by atoms with Crippen LogP contribution in [-0.2, 0) is 0 Å². The van der Waals surface area contributed by atoms with Crippen LogP contribution in [0.1, 0.15) is 21.5 Å². The topological polar surface area (TPSA) is 76.4 Å². The Morgan fingerprint density at radius 3 is 2.68 bits per heavy atom. The van der Waals surface area contributed by atoms with Crippen molar-refractivity contribution in [2.75, 3.05) is 12.4 Å². The van der Waals surface area contributed by atoms with Crippen molar-refractivity contribution in [2.24, 2.45) is 0 Å². The van der Waals surface area contributed by atoms with Crippen molar-refractivity contribution in [1.29, 1.82) is 0 Å². The minimum Gasteiger partial charge on any atom is -0.496 e. The van der Waals surface area contributed by atoms with Gasteiger partial charge < -0.3 is 14.5 Å². The highest BCUT2D eigenvalue weighted by atomic mass is 32.1. The van der Waals surface area contributed by atoms with Crippen molar-refractivity contribution in [3.05, 3.63) is 77.4 Å². The smallest absolute Gasteiger partial charge is 0.261 e. The molecule has 0 saturated heterocycles. The molecule has 0 aliphatic heterocycles. The van der Waals surface area contributed by atoms with Crippen LogP contribution in [0.2, 0.25) is 0 Å². The average molecular weight is 432 g/mol. The number of anilines is 1. The lowest BCUT2D eigenvalue weighted by Gasteiger charge is -2.13. The van der Waals surface area contributed by atoms with Gasteiger partial charge in [0, 0.05) is 11.3 Å². The van der Waals surface area contributed by atoms with Gasteiger partial charge in [-0.3, -0.25) is 10.1 Å². The standard InChI is InChI=1S/C24H21N3O3S/c1-14-10-11-19-20(12-14)30-23(26-19)16-7-5-8-17(13-16)25-24(31)27-22(28)18-9-4-6-15(2)21(18)29-3/h4-13H,1-3H3,(H2,25,27,28,31). The Labute approximate surface area is 185 Å². The zero-order valence-corrected chi connectivity index (χ0v) is 18.2. The maximum absolute atomic E-state index is 12.6. The summed E-state index contributed by atoms with van der Waals surface area (Å²) in [6.45, 7) is 3.89. The Morgan fingerprint density at radius 2 is 1.87 bits per heavy atom. The molecule has 0 spiro atoms. The number of hydrogen-bond donors (Lipinski definition) is 2. The lowest BCUT2D eigenvalue weighted by molar-refractivity contribution is 0.0974. The highest BCUT2D eigenvalue weighted by Gasteiger charge is 2.15. The highest BCUT2D eigenvalue weighted by Crippen LogP contribution is 2.27. The SMILES string of the molecule is COc1c(C)cccc1C(=O)NC(=S)Nc1cccc(-c2nc3ccc(C)cc3o2)c1. The van der Waals surface area contributed by atoms with Crippen LogP contribution in [0.5, 0.6) is 5.75 Å². The number of rotatable bonds is 4. The molecule has 31 heavy (non-hydrogen) atoms. The first-order valence-corrected chi connectivity index (χ1v) is 10.1. The molecule has 6 nitrogen and oxygen atoms in total. The first-order chi connectivity index (χ1) is 14.9.